The second kappa shape index (κ2) is 7.06. The number of aryl methyl sites for hydroxylation is 3. The van der Waals surface area contributed by atoms with Gasteiger partial charge in [0.2, 0.25) is 0 Å². The number of fused-ring (bicyclic) bond motifs is 1. The third-order valence-electron chi connectivity index (χ3n) is 5.57. The predicted octanol–water partition coefficient (Wildman–Crippen LogP) is 3.88. The summed E-state index contributed by atoms with van der Waals surface area (Å²) in [5.41, 5.74) is -0.508. The number of hydrogen-bond acceptors (Lipinski definition) is 4. The van der Waals surface area contributed by atoms with E-state index in [0.717, 1.165) is 16.7 Å². The van der Waals surface area contributed by atoms with Crippen molar-refractivity contribution in [1.29, 1.82) is 0 Å². The van der Waals surface area contributed by atoms with E-state index in [4.69, 9.17) is 4.74 Å². The molecule has 154 valence electrons. The van der Waals surface area contributed by atoms with Crippen molar-refractivity contribution >= 4 is 11.6 Å². The second-order valence-corrected chi connectivity index (χ2v) is 7.97. The van der Waals surface area contributed by atoms with Gasteiger partial charge in [-0.3, -0.25) is 4.79 Å². The van der Waals surface area contributed by atoms with Crippen molar-refractivity contribution in [1.82, 2.24) is 5.01 Å². The molecule has 0 radical (unpaired) electrons. The van der Waals surface area contributed by atoms with Gasteiger partial charge in [-0.2, -0.15) is 23.3 Å². The van der Waals surface area contributed by atoms with Gasteiger partial charge in [0.25, 0.3) is 11.6 Å². The average Bonchev–Trinajstić information content (AvgIpc) is 2.87. The van der Waals surface area contributed by atoms with Crippen molar-refractivity contribution in [2.45, 2.75) is 58.9 Å². The molecule has 0 unspecified atom stereocenters. The number of ether oxygens (including phenoxy) is 1. The number of benzene rings is 1. The van der Waals surface area contributed by atoms with Crippen molar-refractivity contribution in [2.24, 2.45) is 16.9 Å². The van der Waals surface area contributed by atoms with Crippen molar-refractivity contribution in [3.63, 3.8) is 0 Å². The Labute approximate surface area is 162 Å². The molecule has 8 heteroatoms. The standard InChI is InChI=1S/C20H25F3N2O3/c1-11-5-6-16-15(9-11)19(27,20(21,22)23)25(24-16)17(26)10-28-18-13(3)7-12(2)8-14(18)4/h7-8,11,15,27H,5-6,9-10H2,1-4H3/t11-,15+,19-/m0/s1. The topological polar surface area (TPSA) is 62.1 Å². The van der Waals surface area contributed by atoms with Crippen LogP contribution < -0.4 is 4.74 Å². The van der Waals surface area contributed by atoms with Crippen LogP contribution in [0.4, 0.5) is 13.2 Å². The number of halogens is 3. The van der Waals surface area contributed by atoms with E-state index in [1.807, 2.05) is 26.0 Å². The summed E-state index contributed by atoms with van der Waals surface area (Å²) in [5.74, 6) is -1.79. The third-order valence-corrected chi connectivity index (χ3v) is 5.57. The van der Waals surface area contributed by atoms with Crippen LogP contribution in [0.25, 0.3) is 0 Å². The molecule has 1 aromatic carbocycles. The molecule has 1 saturated carbocycles. The molecule has 1 heterocycles. The van der Waals surface area contributed by atoms with E-state index >= 15 is 0 Å². The maximum atomic E-state index is 13.8. The molecule has 5 nitrogen and oxygen atoms in total. The van der Waals surface area contributed by atoms with Gasteiger partial charge in [-0.05, 0) is 57.1 Å². The lowest BCUT2D eigenvalue weighted by Crippen LogP contribution is -2.62. The van der Waals surface area contributed by atoms with E-state index in [1.165, 1.54) is 0 Å². The number of carbonyl (C=O) groups is 1. The van der Waals surface area contributed by atoms with Crippen LogP contribution in [0.5, 0.6) is 5.75 Å². The molecule has 28 heavy (non-hydrogen) atoms. The van der Waals surface area contributed by atoms with Gasteiger partial charge in [0.1, 0.15) is 5.75 Å². The fourth-order valence-corrected chi connectivity index (χ4v) is 4.25. The van der Waals surface area contributed by atoms with Crippen LogP contribution in [0.3, 0.4) is 0 Å². The monoisotopic (exact) mass is 398 g/mol. The van der Waals surface area contributed by atoms with Gasteiger partial charge in [0, 0.05) is 5.71 Å². The minimum Gasteiger partial charge on any atom is -0.483 e. The molecule has 1 fully saturated rings. The Hall–Kier alpha value is -2.09. The highest BCUT2D eigenvalue weighted by Gasteiger charge is 2.68. The molecule has 1 aliphatic carbocycles. The van der Waals surface area contributed by atoms with E-state index < -0.39 is 30.3 Å². The Bertz CT molecular complexity index is 798. The van der Waals surface area contributed by atoms with Crippen LogP contribution in [-0.4, -0.2) is 40.2 Å². The van der Waals surface area contributed by atoms with Crippen molar-refractivity contribution in [3.8, 4) is 5.75 Å². The Morgan fingerprint density at radius 2 is 1.93 bits per heavy atom. The number of hydrazone groups is 1. The normalized spacial score (nSPS) is 27.4. The second-order valence-electron chi connectivity index (χ2n) is 7.97. The number of amides is 1. The van der Waals surface area contributed by atoms with Gasteiger partial charge in [0.15, 0.2) is 6.61 Å². The minimum atomic E-state index is -5.02. The van der Waals surface area contributed by atoms with Crippen molar-refractivity contribution in [2.75, 3.05) is 6.61 Å². The summed E-state index contributed by atoms with van der Waals surface area (Å²) in [6, 6.07) is 3.73. The summed E-state index contributed by atoms with van der Waals surface area (Å²) < 4.78 is 47.0. The average molecular weight is 398 g/mol. The zero-order chi connectivity index (χ0) is 20.9. The molecule has 1 aromatic rings. The van der Waals surface area contributed by atoms with E-state index in [2.05, 4.69) is 5.10 Å². The number of nitrogens with zero attached hydrogens (tertiary/aromatic N) is 2. The van der Waals surface area contributed by atoms with Gasteiger partial charge in [-0.1, -0.05) is 24.6 Å². The number of hydrogen-bond donors (Lipinski definition) is 1. The molecule has 0 saturated heterocycles. The summed E-state index contributed by atoms with van der Waals surface area (Å²) in [5, 5.41) is 14.7. The molecular formula is C20H25F3N2O3. The number of rotatable bonds is 3. The first-order chi connectivity index (χ1) is 12.9. The minimum absolute atomic E-state index is 0.0157. The smallest absolute Gasteiger partial charge is 0.439 e. The van der Waals surface area contributed by atoms with Gasteiger partial charge in [0.05, 0.1) is 5.92 Å². The highest BCUT2D eigenvalue weighted by molar-refractivity contribution is 5.93. The van der Waals surface area contributed by atoms with E-state index in [0.29, 0.717) is 18.6 Å². The van der Waals surface area contributed by atoms with Crippen LogP contribution in [0.1, 0.15) is 42.9 Å². The number of carbonyl (C=O) groups excluding carboxylic acids is 1. The zero-order valence-electron chi connectivity index (χ0n) is 16.4. The molecular weight excluding hydrogens is 373 g/mol. The quantitative estimate of drug-likeness (QED) is 0.841. The van der Waals surface area contributed by atoms with Crippen LogP contribution >= 0.6 is 0 Å². The molecule has 0 bridgehead atoms. The lowest BCUT2D eigenvalue weighted by atomic mass is 9.76. The molecule has 3 rings (SSSR count). The predicted molar refractivity (Wildman–Crippen MR) is 97.9 cm³/mol. The Kier molecular flexibility index (Phi) is 5.20. The van der Waals surface area contributed by atoms with Gasteiger partial charge in [-0.25, -0.2) is 0 Å². The largest absolute Gasteiger partial charge is 0.483 e. The van der Waals surface area contributed by atoms with Crippen LogP contribution in [0.2, 0.25) is 0 Å². The maximum absolute atomic E-state index is 13.8. The summed E-state index contributed by atoms with van der Waals surface area (Å²) in [6.45, 7) is 6.73. The Morgan fingerprint density at radius 3 is 2.50 bits per heavy atom. The van der Waals surface area contributed by atoms with Crippen LogP contribution in [0.15, 0.2) is 17.2 Å². The highest BCUT2D eigenvalue weighted by Crippen LogP contribution is 2.49. The Balaban J connectivity index is 1.85. The zero-order valence-corrected chi connectivity index (χ0v) is 16.4. The van der Waals surface area contributed by atoms with Crippen LogP contribution in [-0.2, 0) is 4.79 Å². The van der Waals surface area contributed by atoms with Gasteiger partial charge in [-0.15, -0.1) is 0 Å². The van der Waals surface area contributed by atoms with E-state index in [1.54, 1.807) is 13.8 Å². The fraction of sp³-hybridized carbons (Fsp3) is 0.600. The molecule has 1 aliphatic heterocycles. The molecule has 0 spiro atoms. The first-order valence-corrected chi connectivity index (χ1v) is 9.35. The number of alkyl halides is 3. The molecule has 3 atom stereocenters. The van der Waals surface area contributed by atoms with E-state index in [-0.39, 0.29) is 23.1 Å². The van der Waals surface area contributed by atoms with E-state index in [9.17, 15) is 23.1 Å². The highest BCUT2D eigenvalue weighted by atomic mass is 19.4. The van der Waals surface area contributed by atoms with Crippen molar-refractivity contribution < 1.29 is 27.8 Å². The molecule has 1 amide bonds. The summed E-state index contributed by atoms with van der Waals surface area (Å²) >= 11 is 0. The van der Waals surface area contributed by atoms with Crippen LogP contribution in [0, 0.1) is 32.6 Å². The third kappa shape index (κ3) is 3.38. The first-order valence-electron chi connectivity index (χ1n) is 9.35. The molecule has 0 aromatic heterocycles. The van der Waals surface area contributed by atoms with Gasteiger partial charge < -0.3 is 9.84 Å². The lowest BCUT2D eigenvalue weighted by Gasteiger charge is -2.39. The summed E-state index contributed by atoms with van der Waals surface area (Å²) in [7, 11) is 0. The van der Waals surface area contributed by atoms with Crippen molar-refractivity contribution in [3.05, 3.63) is 28.8 Å². The molecule has 2 aliphatic rings. The maximum Gasteiger partial charge on any atom is 0.439 e. The lowest BCUT2D eigenvalue weighted by molar-refractivity contribution is -0.318. The Morgan fingerprint density at radius 1 is 1.32 bits per heavy atom. The summed E-state index contributed by atoms with van der Waals surface area (Å²) in [6.07, 6.45) is -3.87. The SMILES string of the molecule is Cc1cc(C)c(OCC(=O)N2N=C3CC[C@H](C)C[C@H]3[C@]2(O)C(F)(F)F)c(C)c1. The molecule has 1 N–H and O–H groups in total. The van der Waals surface area contributed by atoms with Gasteiger partial charge >= 0.3 is 6.18 Å². The number of aliphatic hydroxyl groups is 1. The first kappa shape index (κ1) is 20.6. The fourth-order valence-electron chi connectivity index (χ4n) is 4.25. The summed E-state index contributed by atoms with van der Waals surface area (Å²) in [4.78, 5) is 12.6.